The molecule has 0 amide bonds. The third-order valence-electron chi connectivity index (χ3n) is 4.95. The Morgan fingerprint density at radius 2 is 1.71 bits per heavy atom. The summed E-state index contributed by atoms with van der Waals surface area (Å²) in [7, 11) is 0. The summed E-state index contributed by atoms with van der Waals surface area (Å²) in [6, 6.07) is 18.2. The monoisotopic (exact) mass is 414 g/mol. The zero-order chi connectivity index (χ0) is 22.5. The third-order valence-corrected chi connectivity index (χ3v) is 4.95. The van der Waals surface area contributed by atoms with Crippen LogP contribution in [0, 0.1) is 18.3 Å². The number of nitrogens with two attached hydrogens (primary N) is 1. The van der Waals surface area contributed by atoms with Crippen LogP contribution >= 0.6 is 0 Å². The number of allylic oxidation sites excluding steroid dienone is 1. The number of nitriles is 1. The van der Waals surface area contributed by atoms with Gasteiger partial charge in [0.1, 0.15) is 23.0 Å². The molecule has 31 heavy (non-hydrogen) atoms. The quantitative estimate of drug-likeness (QED) is 0.379. The van der Waals surface area contributed by atoms with Gasteiger partial charge in [0.2, 0.25) is 5.78 Å². The Hall–Kier alpha value is -4.18. The number of rotatable bonds is 6. The van der Waals surface area contributed by atoms with Crippen molar-refractivity contribution in [3.8, 4) is 6.07 Å². The van der Waals surface area contributed by atoms with Gasteiger partial charge in [0.05, 0.1) is 6.54 Å². The van der Waals surface area contributed by atoms with Crippen LogP contribution in [0.15, 0.2) is 69.8 Å². The van der Waals surface area contributed by atoms with E-state index in [1.54, 1.807) is 19.1 Å². The number of carbonyl (C=O) groups excluding carboxylic acids is 1. The maximum absolute atomic E-state index is 13.2. The first-order chi connectivity index (χ1) is 14.9. The van der Waals surface area contributed by atoms with Crippen molar-refractivity contribution in [2.45, 2.75) is 26.9 Å². The molecule has 7 heteroatoms. The van der Waals surface area contributed by atoms with E-state index in [9.17, 15) is 19.6 Å². The second-order valence-electron chi connectivity index (χ2n) is 7.07. The van der Waals surface area contributed by atoms with Crippen LogP contribution in [0.2, 0.25) is 0 Å². The van der Waals surface area contributed by atoms with Gasteiger partial charge in [0, 0.05) is 6.54 Å². The molecule has 7 nitrogen and oxygen atoms in total. The Labute approximate surface area is 179 Å². The molecule has 156 valence electrons. The van der Waals surface area contributed by atoms with Crippen molar-refractivity contribution in [3.05, 3.63) is 103 Å². The molecular formula is C24H22N4O3. The van der Waals surface area contributed by atoms with Crippen LogP contribution in [0.25, 0.3) is 6.08 Å². The summed E-state index contributed by atoms with van der Waals surface area (Å²) in [5.41, 5.74) is 6.59. The molecule has 3 rings (SSSR count). The number of ketones is 1. The minimum atomic E-state index is -0.811. The topological polar surface area (TPSA) is 111 Å². The second kappa shape index (κ2) is 9.09. The largest absolute Gasteiger partial charge is 0.384 e. The maximum atomic E-state index is 13.2. The normalized spacial score (nSPS) is 11.2. The molecule has 0 spiro atoms. The average Bonchev–Trinajstić information content (AvgIpc) is 2.77. The molecule has 3 aromatic rings. The molecule has 2 N–H and O–H groups in total. The van der Waals surface area contributed by atoms with Crippen molar-refractivity contribution in [2.24, 2.45) is 0 Å². The zero-order valence-corrected chi connectivity index (χ0v) is 17.3. The summed E-state index contributed by atoms with van der Waals surface area (Å²) in [5.74, 6) is -1.06. The Kier molecular flexibility index (Phi) is 6.32. The molecule has 1 aromatic heterocycles. The maximum Gasteiger partial charge on any atom is 0.332 e. The van der Waals surface area contributed by atoms with Gasteiger partial charge in [-0.1, -0.05) is 60.2 Å². The molecule has 0 aliphatic carbocycles. The molecule has 0 atom stereocenters. The van der Waals surface area contributed by atoms with E-state index in [1.807, 2.05) is 55.5 Å². The Morgan fingerprint density at radius 1 is 1.06 bits per heavy atom. The molecule has 2 aromatic carbocycles. The highest BCUT2D eigenvalue weighted by molar-refractivity contribution is 6.16. The van der Waals surface area contributed by atoms with Gasteiger partial charge < -0.3 is 5.73 Å². The van der Waals surface area contributed by atoms with Crippen LogP contribution in [0.3, 0.4) is 0 Å². The van der Waals surface area contributed by atoms with Crippen molar-refractivity contribution < 1.29 is 4.79 Å². The third kappa shape index (κ3) is 4.38. The number of nitrogens with zero attached hydrogens (tertiary/aromatic N) is 3. The summed E-state index contributed by atoms with van der Waals surface area (Å²) < 4.78 is 2.14. The van der Waals surface area contributed by atoms with E-state index in [0.717, 1.165) is 15.7 Å². The molecule has 0 aliphatic heterocycles. The first-order valence-electron chi connectivity index (χ1n) is 9.77. The standard InChI is InChI=1S/C24H22N4O3/c1-3-27-23(30)20(21(29)19(14-25)13-17-11-9-16(2)10-12-17)22(26)28(24(27)31)15-18-7-5-4-6-8-18/h4-13H,3,15,26H2,1-2H3/b19-13+. The van der Waals surface area contributed by atoms with E-state index in [0.29, 0.717) is 5.56 Å². The number of hydrogen-bond acceptors (Lipinski definition) is 5. The molecule has 0 unspecified atom stereocenters. The van der Waals surface area contributed by atoms with Gasteiger partial charge >= 0.3 is 5.69 Å². The number of aromatic nitrogens is 2. The minimum Gasteiger partial charge on any atom is -0.384 e. The van der Waals surface area contributed by atoms with Crippen molar-refractivity contribution in [3.63, 3.8) is 0 Å². The second-order valence-corrected chi connectivity index (χ2v) is 7.07. The molecule has 0 radical (unpaired) electrons. The SMILES string of the molecule is CCn1c(=O)c(C(=O)/C(C#N)=C/c2ccc(C)cc2)c(N)n(Cc2ccccc2)c1=O. The van der Waals surface area contributed by atoms with E-state index in [1.165, 1.54) is 10.6 Å². The van der Waals surface area contributed by atoms with E-state index < -0.39 is 17.0 Å². The summed E-state index contributed by atoms with van der Waals surface area (Å²) in [6.45, 7) is 3.72. The van der Waals surface area contributed by atoms with Gasteiger partial charge in [-0.3, -0.25) is 18.7 Å². The predicted octanol–water partition coefficient (Wildman–Crippen LogP) is 2.76. The number of Topliss-reactive ketones (excluding diaryl/α,β-unsaturated/α-hetero) is 1. The van der Waals surface area contributed by atoms with Gasteiger partial charge in [-0.15, -0.1) is 0 Å². The van der Waals surface area contributed by atoms with Gasteiger partial charge in [-0.05, 0) is 31.1 Å². The fourth-order valence-electron chi connectivity index (χ4n) is 3.24. The van der Waals surface area contributed by atoms with Gasteiger partial charge in [0.15, 0.2) is 0 Å². The van der Waals surface area contributed by atoms with Crippen molar-refractivity contribution in [1.29, 1.82) is 5.26 Å². The molecule has 0 bridgehead atoms. The number of nitrogen functional groups attached to an aromatic ring is 1. The highest BCUT2D eigenvalue weighted by Crippen LogP contribution is 2.16. The van der Waals surface area contributed by atoms with Crippen LogP contribution in [0.4, 0.5) is 5.82 Å². The lowest BCUT2D eigenvalue weighted by molar-refractivity contribution is 0.103. The minimum absolute atomic E-state index is 0.0661. The van der Waals surface area contributed by atoms with Crippen LogP contribution < -0.4 is 17.0 Å². The zero-order valence-electron chi connectivity index (χ0n) is 17.3. The van der Waals surface area contributed by atoms with Gasteiger partial charge in [0.25, 0.3) is 5.56 Å². The predicted molar refractivity (Wildman–Crippen MR) is 120 cm³/mol. The van der Waals surface area contributed by atoms with Crippen molar-refractivity contribution in [1.82, 2.24) is 9.13 Å². The van der Waals surface area contributed by atoms with E-state index in [4.69, 9.17) is 5.73 Å². The lowest BCUT2D eigenvalue weighted by atomic mass is 10.0. The summed E-state index contributed by atoms with van der Waals surface area (Å²) in [6.07, 6.45) is 1.41. The summed E-state index contributed by atoms with van der Waals surface area (Å²) >= 11 is 0. The highest BCUT2D eigenvalue weighted by atomic mass is 16.2. The van der Waals surface area contributed by atoms with Crippen molar-refractivity contribution >= 4 is 17.7 Å². The van der Waals surface area contributed by atoms with E-state index >= 15 is 0 Å². The van der Waals surface area contributed by atoms with Crippen LogP contribution in [-0.2, 0) is 13.1 Å². The molecule has 0 fully saturated rings. The first kappa shape index (κ1) is 21.5. The number of carbonyl (C=O) groups is 1. The lowest BCUT2D eigenvalue weighted by Crippen LogP contribution is -2.44. The molecule has 0 saturated heterocycles. The molecule has 0 saturated carbocycles. The Morgan fingerprint density at radius 3 is 2.29 bits per heavy atom. The molecular weight excluding hydrogens is 392 g/mol. The Balaban J connectivity index is 2.17. The number of hydrogen-bond donors (Lipinski definition) is 1. The van der Waals surface area contributed by atoms with Gasteiger partial charge in [-0.2, -0.15) is 5.26 Å². The first-order valence-corrected chi connectivity index (χ1v) is 9.77. The van der Waals surface area contributed by atoms with E-state index in [2.05, 4.69) is 0 Å². The van der Waals surface area contributed by atoms with Crippen LogP contribution in [0.5, 0.6) is 0 Å². The smallest absolute Gasteiger partial charge is 0.332 e. The summed E-state index contributed by atoms with van der Waals surface area (Å²) in [4.78, 5) is 38.9. The van der Waals surface area contributed by atoms with Crippen molar-refractivity contribution in [2.75, 3.05) is 5.73 Å². The van der Waals surface area contributed by atoms with Gasteiger partial charge in [-0.25, -0.2) is 4.79 Å². The number of anilines is 1. The fourth-order valence-corrected chi connectivity index (χ4v) is 3.24. The average molecular weight is 414 g/mol. The number of aryl methyl sites for hydroxylation is 1. The number of benzene rings is 2. The molecule has 0 aliphatic rings. The van der Waals surface area contributed by atoms with Crippen LogP contribution in [0.1, 0.15) is 34.0 Å². The van der Waals surface area contributed by atoms with E-state index in [-0.39, 0.29) is 30.0 Å². The summed E-state index contributed by atoms with van der Waals surface area (Å²) in [5, 5.41) is 9.58. The lowest BCUT2D eigenvalue weighted by Gasteiger charge is -2.15. The highest BCUT2D eigenvalue weighted by Gasteiger charge is 2.25. The Bertz CT molecular complexity index is 1310. The van der Waals surface area contributed by atoms with Crippen LogP contribution in [-0.4, -0.2) is 14.9 Å². The fraction of sp³-hybridized carbons (Fsp3) is 0.167. The molecule has 1 heterocycles.